The SMILES string of the molecule is CN(CC(=O)NC(c1ccccc1)c1ccccc1)C(=O)c1cc2occ(Br)c2[nH]1. The maximum atomic E-state index is 12.8. The number of fused-ring (bicyclic) bond motifs is 1. The second-order valence-corrected chi connectivity index (χ2v) is 7.84. The largest absolute Gasteiger partial charge is 0.461 e. The maximum absolute atomic E-state index is 12.8. The van der Waals surface area contributed by atoms with Crippen molar-refractivity contribution in [2.75, 3.05) is 13.6 Å². The number of likely N-dealkylation sites (N-methyl/N-ethyl adjacent to an activating group) is 1. The van der Waals surface area contributed by atoms with E-state index >= 15 is 0 Å². The lowest BCUT2D eigenvalue weighted by atomic mass is 9.99. The number of H-pyrrole nitrogens is 1. The summed E-state index contributed by atoms with van der Waals surface area (Å²) in [6, 6.07) is 20.8. The molecule has 7 heteroatoms. The average molecular weight is 466 g/mol. The van der Waals surface area contributed by atoms with E-state index in [2.05, 4.69) is 26.2 Å². The summed E-state index contributed by atoms with van der Waals surface area (Å²) >= 11 is 3.36. The minimum Gasteiger partial charge on any atom is -0.461 e. The number of amides is 2. The number of rotatable bonds is 6. The van der Waals surface area contributed by atoms with E-state index in [4.69, 9.17) is 4.42 Å². The molecule has 4 rings (SSSR count). The molecular formula is C23H20BrN3O3. The number of carbonyl (C=O) groups excluding carboxylic acids is 2. The quantitative estimate of drug-likeness (QED) is 0.439. The number of aromatic amines is 1. The van der Waals surface area contributed by atoms with Gasteiger partial charge in [-0.1, -0.05) is 60.7 Å². The van der Waals surface area contributed by atoms with Crippen LogP contribution in [-0.4, -0.2) is 35.3 Å². The minimum absolute atomic E-state index is 0.0729. The standard InChI is InChI=1S/C23H20BrN3O3/c1-27(23(29)18-12-19-22(25-18)17(24)14-30-19)13-20(28)26-21(15-8-4-2-5-9-15)16-10-6-3-7-11-16/h2-12,14,21,25H,13H2,1H3,(H,26,28). The molecule has 0 aliphatic heterocycles. The number of nitrogens with zero attached hydrogens (tertiary/aromatic N) is 1. The molecule has 2 heterocycles. The molecule has 0 unspecified atom stereocenters. The first-order valence-corrected chi connectivity index (χ1v) is 10.2. The Morgan fingerprint density at radius 2 is 1.67 bits per heavy atom. The predicted octanol–water partition coefficient (Wildman–Crippen LogP) is 4.50. The number of aromatic nitrogens is 1. The van der Waals surface area contributed by atoms with E-state index in [1.54, 1.807) is 19.4 Å². The Morgan fingerprint density at radius 1 is 1.07 bits per heavy atom. The predicted molar refractivity (Wildman–Crippen MR) is 118 cm³/mol. The Kier molecular flexibility index (Phi) is 5.72. The molecule has 4 aromatic rings. The monoisotopic (exact) mass is 465 g/mol. The molecular weight excluding hydrogens is 446 g/mol. The normalized spacial score (nSPS) is 11.0. The Morgan fingerprint density at radius 3 is 2.23 bits per heavy atom. The molecule has 2 amide bonds. The van der Waals surface area contributed by atoms with Crippen LogP contribution in [0.15, 0.2) is 81.9 Å². The van der Waals surface area contributed by atoms with Gasteiger partial charge in [-0.25, -0.2) is 0 Å². The average Bonchev–Trinajstić information content (AvgIpc) is 3.34. The zero-order valence-corrected chi connectivity index (χ0v) is 17.8. The van der Waals surface area contributed by atoms with E-state index in [-0.39, 0.29) is 24.4 Å². The fourth-order valence-corrected chi connectivity index (χ4v) is 3.73. The van der Waals surface area contributed by atoms with Crippen LogP contribution in [0.2, 0.25) is 0 Å². The molecule has 0 saturated heterocycles. The number of furan rings is 1. The smallest absolute Gasteiger partial charge is 0.270 e. The van der Waals surface area contributed by atoms with Crippen molar-refractivity contribution >= 4 is 38.8 Å². The van der Waals surface area contributed by atoms with Crippen LogP contribution in [0.1, 0.15) is 27.7 Å². The van der Waals surface area contributed by atoms with Gasteiger partial charge in [-0.3, -0.25) is 9.59 Å². The number of nitrogens with one attached hydrogen (secondary N) is 2. The zero-order chi connectivity index (χ0) is 21.1. The Balaban J connectivity index is 1.48. The van der Waals surface area contributed by atoms with Gasteiger partial charge < -0.3 is 19.6 Å². The molecule has 2 aromatic carbocycles. The molecule has 0 bridgehead atoms. The summed E-state index contributed by atoms with van der Waals surface area (Å²) in [5.41, 5.74) is 3.60. The van der Waals surface area contributed by atoms with Crippen LogP contribution in [0, 0.1) is 0 Å². The van der Waals surface area contributed by atoms with Crippen molar-refractivity contribution in [3.63, 3.8) is 0 Å². The Bertz CT molecular complexity index is 1130. The van der Waals surface area contributed by atoms with Gasteiger partial charge in [0.2, 0.25) is 5.91 Å². The van der Waals surface area contributed by atoms with Crippen LogP contribution < -0.4 is 5.32 Å². The van der Waals surface area contributed by atoms with Gasteiger partial charge in [0.05, 0.1) is 22.6 Å². The summed E-state index contributed by atoms with van der Waals surface area (Å²) in [5.74, 6) is -0.542. The van der Waals surface area contributed by atoms with E-state index in [9.17, 15) is 9.59 Å². The fourth-order valence-electron chi connectivity index (χ4n) is 3.34. The van der Waals surface area contributed by atoms with Crippen molar-refractivity contribution in [1.82, 2.24) is 15.2 Å². The number of halogens is 1. The summed E-state index contributed by atoms with van der Waals surface area (Å²) in [7, 11) is 1.60. The van der Waals surface area contributed by atoms with Crippen molar-refractivity contribution in [3.8, 4) is 0 Å². The number of hydrogen-bond donors (Lipinski definition) is 2. The van der Waals surface area contributed by atoms with E-state index in [1.807, 2.05) is 60.7 Å². The lowest BCUT2D eigenvalue weighted by Crippen LogP contribution is -2.40. The van der Waals surface area contributed by atoms with E-state index in [1.165, 1.54) is 4.90 Å². The Labute approximate surface area is 182 Å². The minimum atomic E-state index is -0.299. The highest BCUT2D eigenvalue weighted by molar-refractivity contribution is 9.10. The molecule has 0 aliphatic carbocycles. The third kappa shape index (κ3) is 4.16. The highest BCUT2D eigenvalue weighted by Gasteiger charge is 2.21. The lowest BCUT2D eigenvalue weighted by molar-refractivity contribution is -0.122. The fraction of sp³-hybridized carbons (Fsp3) is 0.130. The molecule has 0 fully saturated rings. The van der Waals surface area contributed by atoms with Crippen molar-refractivity contribution in [3.05, 3.63) is 94.3 Å². The number of hydrogen-bond acceptors (Lipinski definition) is 3. The van der Waals surface area contributed by atoms with Gasteiger partial charge >= 0.3 is 0 Å². The first kappa shape index (κ1) is 20.0. The summed E-state index contributed by atoms with van der Waals surface area (Å²) in [6.07, 6.45) is 1.56. The van der Waals surface area contributed by atoms with Gasteiger partial charge in [0, 0.05) is 13.1 Å². The van der Waals surface area contributed by atoms with Gasteiger partial charge in [-0.2, -0.15) is 0 Å². The molecule has 0 saturated carbocycles. The van der Waals surface area contributed by atoms with Crippen LogP contribution >= 0.6 is 15.9 Å². The molecule has 0 atom stereocenters. The van der Waals surface area contributed by atoms with E-state index < -0.39 is 0 Å². The van der Waals surface area contributed by atoms with Crippen molar-refractivity contribution < 1.29 is 14.0 Å². The second-order valence-electron chi connectivity index (χ2n) is 6.99. The zero-order valence-electron chi connectivity index (χ0n) is 16.3. The van der Waals surface area contributed by atoms with Crippen molar-refractivity contribution in [1.29, 1.82) is 0 Å². The van der Waals surface area contributed by atoms with Gasteiger partial charge in [-0.15, -0.1) is 0 Å². The summed E-state index contributed by atoms with van der Waals surface area (Å²) in [6.45, 7) is -0.0729. The van der Waals surface area contributed by atoms with Crippen LogP contribution in [0.3, 0.4) is 0 Å². The topological polar surface area (TPSA) is 78.3 Å². The van der Waals surface area contributed by atoms with Crippen LogP contribution in [-0.2, 0) is 4.79 Å². The third-order valence-corrected chi connectivity index (χ3v) is 5.42. The van der Waals surface area contributed by atoms with Crippen LogP contribution in [0.25, 0.3) is 11.1 Å². The molecule has 2 N–H and O–H groups in total. The molecule has 0 aliphatic rings. The van der Waals surface area contributed by atoms with Crippen LogP contribution in [0.4, 0.5) is 0 Å². The van der Waals surface area contributed by atoms with Gasteiger partial charge in [-0.05, 0) is 27.1 Å². The first-order chi connectivity index (χ1) is 14.5. The summed E-state index contributed by atoms with van der Waals surface area (Å²) in [5, 5.41) is 3.05. The molecule has 30 heavy (non-hydrogen) atoms. The highest BCUT2D eigenvalue weighted by Crippen LogP contribution is 2.26. The van der Waals surface area contributed by atoms with Gasteiger partial charge in [0.1, 0.15) is 12.0 Å². The van der Waals surface area contributed by atoms with Gasteiger partial charge in [0.15, 0.2) is 5.58 Å². The van der Waals surface area contributed by atoms with E-state index in [0.29, 0.717) is 16.8 Å². The molecule has 152 valence electrons. The Hall–Kier alpha value is -3.32. The van der Waals surface area contributed by atoms with E-state index in [0.717, 1.165) is 15.6 Å². The van der Waals surface area contributed by atoms with Crippen molar-refractivity contribution in [2.24, 2.45) is 0 Å². The number of benzene rings is 2. The third-order valence-electron chi connectivity index (χ3n) is 4.84. The molecule has 0 spiro atoms. The molecule has 6 nitrogen and oxygen atoms in total. The summed E-state index contributed by atoms with van der Waals surface area (Å²) < 4.78 is 6.10. The summed E-state index contributed by atoms with van der Waals surface area (Å²) in [4.78, 5) is 29.9. The molecule has 2 aromatic heterocycles. The number of carbonyl (C=O) groups is 2. The van der Waals surface area contributed by atoms with Crippen molar-refractivity contribution in [2.45, 2.75) is 6.04 Å². The highest BCUT2D eigenvalue weighted by atomic mass is 79.9. The van der Waals surface area contributed by atoms with Crippen LogP contribution in [0.5, 0.6) is 0 Å². The van der Waals surface area contributed by atoms with Gasteiger partial charge in [0.25, 0.3) is 5.91 Å². The second kappa shape index (κ2) is 8.59. The lowest BCUT2D eigenvalue weighted by Gasteiger charge is -2.22. The molecule has 0 radical (unpaired) electrons. The first-order valence-electron chi connectivity index (χ1n) is 9.43. The maximum Gasteiger partial charge on any atom is 0.270 e.